The number of hydrogen-bond acceptors (Lipinski definition) is 3. The van der Waals surface area contributed by atoms with Crippen molar-refractivity contribution in [2.75, 3.05) is 25.0 Å². The fourth-order valence-corrected chi connectivity index (χ4v) is 4.35. The number of halogens is 1. The molecule has 6 heteroatoms. The summed E-state index contributed by atoms with van der Waals surface area (Å²) in [7, 11) is 1.78. The number of aromatic nitrogens is 1. The van der Waals surface area contributed by atoms with Crippen LogP contribution in [0.2, 0.25) is 0 Å². The number of aryl methyl sites for hydroxylation is 1. The second kappa shape index (κ2) is 9.39. The number of piperidine rings is 1. The summed E-state index contributed by atoms with van der Waals surface area (Å²) in [6, 6.07) is 17.9. The number of nitrogens with zero attached hydrogens (tertiary/aromatic N) is 3. The maximum atomic E-state index is 13.2. The maximum absolute atomic E-state index is 13.2. The molecule has 0 bridgehead atoms. The molecule has 0 atom stereocenters. The molecule has 0 unspecified atom stereocenters. The van der Waals surface area contributed by atoms with Gasteiger partial charge in [-0.05, 0) is 61.7 Å². The van der Waals surface area contributed by atoms with E-state index in [-0.39, 0.29) is 28.9 Å². The van der Waals surface area contributed by atoms with E-state index in [2.05, 4.69) is 4.90 Å². The third kappa shape index (κ3) is 4.74. The van der Waals surface area contributed by atoms with Crippen LogP contribution in [-0.2, 0) is 6.54 Å². The van der Waals surface area contributed by atoms with Crippen LogP contribution < -0.4 is 10.5 Å². The highest BCUT2D eigenvalue weighted by molar-refractivity contribution is 5.93. The van der Waals surface area contributed by atoms with E-state index in [9.17, 15) is 14.0 Å². The van der Waals surface area contributed by atoms with Gasteiger partial charge in [-0.25, -0.2) is 4.39 Å². The molecule has 2 heterocycles. The van der Waals surface area contributed by atoms with E-state index in [1.54, 1.807) is 47.0 Å². The van der Waals surface area contributed by atoms with Gasteiger partial charge in [0.25, 0.3) is 11.5 Å². The van der Waals surface area contributed by atoms with E-state index < -0.39 is 0 Å². The molecule has 0 spiro atoms. The van der Waals surface area contributed by atoms with Gasteiger partial charge in [0.2, 0.25) is 0 Å². The molecule has 1 aromatic heterocycles. The first-order valence-corrected chi connectivity index (χ1v) is 10.9. The Labute approximate surface area is 187 Å². The Bertz CT molecular complexity index is 1150. The molecular formula is C26H28FN3O2. The first-order chi connectivity index (χ1) is 15.4. The molecule has 1 saturated heterocycles. The molecule has 0 radical (unpaired) electrons. The number of anilines is 1. The van der Waals surface area contributed by atoms with E-state index in [4.69, 9.17) is 0 Å². The topological polar surface area (TPSA) is 45.6 Å². The average Bonchev–Trinajstić information content (AvgIpc) is 2.80. The van der Waals surface area contributed by atoms with Crippen molar-refractivity contribution in [2.45, 2.75) is 32.4 Å². The lowest BCUT2D eigenvalue weighted by molar-refractivity contribution is 0.0706. The van der Waals surface area contributed by atoms with Crippen LogP contribution in [0.1, 0.15) is 34.3 Å². The van der Waals surface area contributed by atoms with Gasteiger partial charge in [0.05, 0.1) is 6.54 Å². The van der Waals surface area contributed by atoms with Gasteiger partial charge in [-0.15, -0.1) is 0 Å². The molecular weight excluding hydrogens is 405 g/mol. The Hall–Kier alpha value is -3.41. The number of hydrogen-bond donors (Lipinski definition) is 0. The van der Waals surface area contributed by atoms with Crippen molar-refractivity contribution in [3.05, 3.63) is 99.7 Å². The van der Waals surface area contributed by atoms with Gasteiger partial charge in [0, 0.05) is 38.1 Å². The molecule has 0 N–H and O–H groups in total. The minimum absolute atomic E-state index is 0.0593. The number of carbonyl (C=O) groups excluding carboxylic acids is 1. The quantitative estimate of drug-likeness (QED) is 0.609. The van der Waals surface area contributed by atoms with Gasteiger partial charge in [-0.2, -0.15) is 0 Å². The molecule has 0 saturated carbocycles. The molecule has 2 aromatic carbocycles. The van der Waals surface area contributed by atoms with E-state index in [0.717, 1.165) is 42.7 Å². The summed E-state index contributed by atoms with van der Waals surface area (Å²) in [5.41, 5.74) is 3.08. The van der Waals surface area contributed by atoms with Crippen molar-refractivity contribution >= 4 is 11.6 Å². The third-order valence-electron chi connectivity index (χ3n) is 6.21. The highest BCUT2D eigenvalue weighted by Crippen LogP contribution is 2.23. The smallest absolute Gasteiger partial charge is 0.263 e. The minimum atomic E-state index is -0.269. The zero-order valence-corrected chi connectivity index (χ0v) is 18.5. The average molecular weight is 434 g/mol. The van der Waals surface area contributed by atoms with Gasteiger partial charge in [0.1, 0.15) is 11.4 Å². The molecule has 32 heavy (non-hydrogen) atoms. The number of pyridine rings is 1. The molecule has 0 aliphatic carbocycles. The van der Waals surface area contributed by atoms with Crippen molar-refractivity contribution in [3.63, 3.8) is 0 Å². The fourth-order valence-electron chi connectivity index (χ4n) is 4.35. The van der Waals surface area contributed by atoms with Crippen molar-refractivity contribution in [1.82, 2.24) is 9.47 Å². The van der Waals surface area contributed by atoms with Crippen molar-refractivity contribution in [3.8, 4) is 0 Å². The third-order valence-corrected chi connectivity index (χ3v) is 6.21. The monoisotopic (exact) mass is 433 g/mol. The summed E-state index contributed by atoms with van der Waals surface area (Å²) in [4.78, 5) is 30.1. The lowest BCUT2D eigenvalue weighted by atomic mass is 10.0. The van der Waals surface area contributed by atoms with E-state index in [1.807, 2.05) is 31.2 Å². The van der Waals surface area contributed by atoms with Crippen LogP contribution in [0.25, 0.3) is 0 Å². The Kier molecular flexibility index (Phi) is 6.40. The second-order valence-electron chi connectivity index (χ2n) is 8.45. The molecule has 1 amide bonds. The minimum Gasteiger partial charge on any atom is -0.371 e. The number of amides is 1. The second-order valence-corrected chi connectivity index (χ2v) is 8.45. The first kappa shape index (κ1) is 21.8. The van der Waals surface area contributed by atoms with Crippen LogP contribution in [0.3, 0.4) is 0 Å². The highest BCUT2D eigenvalue weighted by Gasteiger charge is 2.27. The molecule has 3 aromatic rings. The molecule has 4 rings (SSSR count). The Morgan fingerprint density at radius 3 is 2.47 bits per heavy atom. The normalized spacial score (nSPS) is 14.4. The van der Waals surface area contributed by atoms with Crippen LogP contribution in [0.15, 0.2) is 71.7 Å². The number of rotatable bonds is 5. The van der Waals surface area contributed by atoms with Crippen LogP contribution in [-0.4, -0.2) is 41.6 Å². The highest BCUT2D eigenvalue weighted by atomic mass is 19.1. The lowest BCUT2D eigenvalue weighted by Gasteiger charge is -2.37. The maximum Gasteiger partial charge on any atom is 0.263 e. The summed E-state index contributed by atoms with van der Waals surface area (Å²) in [5.74, 6) is -0.487. The summed E-state index contributed by atoms with van der Waals surface area (Å²) in [5, 5.41) is 0. The summed E-state index contributed by atoms with van der Waals surface area (Å²) < 4.78 is 14.8. The molecule has 166 valence electrons. The SMILES string of the molecule is Cc1cccc(Cn2cccc(C(=O)N(C)C3CCN(c4ccc(F)cc4)CC3)c2=O)c1. The number of carbonyl (C=O) groups is 1. The lowest BCUT2D eigenvalue weighted by Crippen LogP contribution is -2.47. The zero-order valence-electron chi connectivity index (χ0n) is 18.5. The number of benzene rings is 2. The Morgan fingerprint density at radius 1 is 1.06 bits per heavy atom. The van der Waals surface area contributed by atoms with Crippen molar-refractivity contribution in [2.24, 2.45) is 0 Å². The summed E-state index contributed by atoms with van der Waals surface area (Å²) in [6.45, 7) is 4.00. The van der Waals surface area contributed by atoms with Gasteiger partial charge >= 0.3 is 0 Å². The summed E-state index contributed by atoms with van der Waals surface area (Å²) >= 11 is 0. The zero-order chi connectivity index (χ0) is 22.7. The molecule has 1 aliphatic rings. The van der Waals surface area contributed by atoms with Crippen molar-refractivity contribution in [1.29, 1.82) is 0 Å². The summed E-state index contributed by atoms with van der Waals surface area (Å²) in [6.07, 6.45) is 3.32. The fraction of sp³-hybridized carbons (Fsp3) is 0.308. The van der Waals surface area contributed by atoms with Gasteiger partial charge in [-0.1, -0.05) is 29.8 Å². The largest absolute Gasteiger partial charge is 0.371 e. The molecule has 5 nitrogen and oxygen atoms in total. The van der Waals surface area contributed by atoms with Crippen molar-refractivity contribution < 1.29 is 9.18 Å². The Morgan fingerprint density at radius 2 is 1.78 bits per heavy atom. The van der Waals surface area contributed by atoms with Crippen LogP contribution in [0, 0.1) is 12.7 Å². The first-order valence-electron chi connectivity index (χ1n) is 10.9. The van der Waals surface area contributed by atoms with Crippen LogP contribution in [0.5, 0.6) is 0 Å². The van der Waals surface area contributed by atoms with E-state index in [0.29, 0.717) is 6.54 Å². The van der Waals surface area contributed by atoms with E-state index >= 15 is 0 Å². The molecule has 1 aliphatic heterocycles. The standard InChI is InChI=1S/C26H28FN3O2/c1-19-5-3-6-20(17-19)18-30-14-4-7-24(26(30)32)25(31)28(2)22-12-15-29(16-13-22)23-10-8-21(27)9-11-23/h3-11,14,17,22H,12-13,15-16,18H2,1-2H3. The van der Waals surface area contributed by atoms with Crippen LogP contribution in [0.4, 0.5) is 10.1 Å². The Balaban J connectivity index is 1.44. The van der Waals surface area contributed by atoms with Gasteiger partial charge in [-0.3, -0.25) is 9.59 Å². The van der Waals surface area contributed by atoms with Gasteiger partial charge in [0.15, 0.2) is 0 Å². The predicted molar refractivity (Wildman–Crippen MR) is 125 cm³/mol. The predicted octanol–water partition coefficient (Wildman–Crippen LogP) is 4.09. The van der Waals surface area contributed by atoms with E-state index in [1.165, 1.54) is 12.1 Å². The molecule has 1 fully saturated rings. The van der Waals surface area contributed by atoms with Crippen LogP contribution >= 0.6 is 0 Å². The van der Waals surface area contributed by atoms with Gasteiger partial charge < -0.3 is 14.4 Å².